The second-order valence-electron chi connectivity index (χ2n) is 9.79. The fourth-order valence-electron chi connectivity index (χ4n) is 5.01. The standard InChI is InChI=1S/C22H33N3O2.CH2O2/c1-15-6-8-18(9-7-15)25-14-17(11-20(25)27)23-19(26)10-16-12-21(2,3)24-22(4,5)13-16;2-1-3/h6-9,16-17,24H,10-14H2,1-5H3,(H,23,26);1H,(H,2,3). The van der Waals surface area contributed by atoms with Gasteiger partial charge in [0.1, 0.15) is 0 Å². The van der Waals surface area contributed by atoms with E-state index in [0.717, 1.165) is 18.5 Å². The maximum absolute atomic E-state index is 12.6. The van der Waals surface area contributed by atoms with Gasteiger partial charge in [0.2, 0.25) is 11.8 Å². The average molecular weight is 418 g/mol. The van der Waals surface area contributed by atoms with Crippen molar-refractivity contribution in [2.75, 3.05) is 11.4 Å². The molecule has 0 bridgehead atoms. The first-order valence-corrected chi connectivity index (χ1v) is 10.5. The third kappa shape index (κ3) is 6.83. The Bertz CT molecular complexity index is 742. The molecule has 2 heterocycles. The highest BCUT2D eigenvalue weighted by atomic mass is 16.3. The number of nitrogens with zero attached hydrogens (tertiary/aromatic N) is 1. The van der Waals surface area contributed by atoms with Gasteiger partial charge in [-0.3, -0.25) is 14.4 Å². The predicted octanol–water partition coefficient (Wildman–Crippen LogP) is 2.86. The molecule has 7 nitrogen and oxygen atoms in total. The van der Waals surface area contributed by atoms with E-state index in [-0.39, 0.29) is 35.4 Å². The van der Waals surface area contributed by atoms with Crippen LogP contribution in [0.3, 0.4) is 0 Å². The SMILES string of the molecule is Cc1ccc(N2CC(NC(=O)CC3CC(C)(C)NC(C)(C)C3)CC2=O)cc1.O=CO. The van der Waals surface area contributed by atoms with Gasteiger partial charge < -0.3 is 20.6 Å². The van der Waals surface area contributed by atoms with Crippen LogP contribution in [-0.2, 0) is 14.4 Å². The molecule has 0 spiro atoms. The molecule has 3 rings (SSSR count). The normalized spacial score (nSPS) is 22.8. The summed E-state index contributed by atoms with van der Waals surface area (Å²) < 4.78 is 0. The lowest BCUT2D eigenvalue weighted by Gasteiger charge is -2.46. The number of amides is 2. The number of hydrogen-bond acceptors (Lipinski definition) is 4. The Kier molecular flexibility index (Phi) is 7.64. The number of carbonyl (C=O) groups is 3. The topological polar surface area (TPSA) is 98.7 Å². The Labute approximate surface area is 179 Å². The van der Waals surface area contributed by atoms with E-state index in [0.29, 0.717) is 25.3 Å². The number of carbonyl (C=O) groups excluding carboxylic acids is 2. The number of benzene rings is 1. The lowest BCUT2D eigenvalue weighted by atomic mass is 9.74. The Morgan fingerprint density at radius 3 is 2.27 bits per heavy atom. The van der Waals surface area contributed by atoms with Gasteiger partial charge in [0.25, 0.3) is 6.47 Å². The fraction of sp³-hybridized carbons (Fsp3) is 0.609. The van der Waals surface area contributed by atoms with Crippen LogP contribution in [-0.4, -0.2) is 47.1 Å². The Balaban J connectivity index is 0.00000101. The second-order valence-corrected chi connectivity index (χ2v) is 9.79. The molecule has 1 aromatic rings. The van der Waals surface area contributed by atoms with E-state index in [1.54, 1.807) is 4.90 Å². The highest BCUT2D eigenvalue weighted by Gasteiger charge is 2.39. The van der Waals surface area contributed by atoms with Crippen molar-refractivity contribution in [2.45, 2.75) is 77.4 Å². The monoisotopic (exact) mass is 417 g/mol. The first kappa shape index (κ1) is 23.9. The van der Waals surface area contributed by atoms with Crippen LogP contribution in [0.5, 0.6) is 0 Å². The molecular formula is C23H35N3O4. The highest BCUT2D eigenvalue weighted by Crippen LogP contribution is 2.34. The van der Waals surface area contributed by atoms with Crippen LogP contribution >= 0.6 is 0 Å². The van der Waals surface area contributed by atoms with Crippen LogP contribution in [0.1, 0.15) is 58.9 Å². The molecule has 2 fully saturated rings. The number of piperidine rings is 1. The van der Waals surface area contributed by atoms with E-state index in [1.807, 2.05) is 31.2 Å². The molecule has 2 aliphatic rings. The van der Waals surface area contributed by atoms with Crippen molar-refractivity contribution in [3.63, 3.8) is 0 Å². The van der Waals surface area contributed by atoms with Crippen LogP contribution in [0.4, 0.5) is 5.69 Å². The van der Waals surface area contributed by atoms with Crippen molar-refractivity contribution in [1.29, 1.82) is 0 Å². The lowest BCUT2D eigenvalue weighted by Crippen LogP contribution is -2.58. The van der Waals surface area contributed by atoms with Gasteiger partial charge >= 0.3 is 0 Å². The fourth-order valence-corrected chi connectivity index (χ4v) is 5.01. The van der Waals surface area contributed by atoms with Crippen molar-refractivity contribution in [3.8, 4) is 0 Å². The van der Waals surface area contributed by atoms with Crippen molar-refractivity contribution >= 4 is 24.0 Å². The van der Waals surface area contributed by atoms with Crippen molar-refractivity contribution in [3.05, 3.63) is 29.8 Å². The largest absolute Gasteiger partial charge is 0.483 e. The minimum Gasteiger partial charge on any atom is -0.483 e. The maximum atomic E-state index is 12.6. The van der Waals surface area contributed by atoms with E-state index in [2.05, 4.69) is 38.3 Å². The van der Waals surface area contributed by atoms with Crippen LogP contribution in [0, 0.1) is 12.8 Å². The molecular weight excluding hydrogens is 382 g/mol. The van der Waals surface area contributed by atoms with Gasteiger partial charge in [-0.2, -0.15) is 0 Å². The molecule has 2 amide bonds. The summed E-state index contributed by atoms with van der Waals surface area (Å²) in [5.41, 5.74) is 2.16. The summed E-state index contributed by atoms with van der Waals surface area (Å²) in [5, 5.41) is 13.6. The molecule has 1 aromatic carbocycles. The summed E-state index contributed by atoms with van der Waals surface area (Å²) in [7, 11) is 0. The van der Waals surface area contributed by atoms with Crippen LogP contribution in [0.2, 0.25) is 0 Å². The van der Waals surface area contributed by atoms with E-state index in [4.69, 9.17) is 9.90 Å². The zero-order chi connectivity index (χ0) is 22.5. The highest BCUT2D eigenvalue weighted by molar-refractivity contribution is 5.96. The predicted molar refractivity (Wildman–Crippen MR) is 117 cm³/mol. The molecule has 0 saturated carbocycles. The van der Waals surface area contributed by atoms with Crippen LogP contribution < -0.4 is 15.5 Å². The molecule has 1 atom stereocenters. The summed E-state index contributed by atoms with van der Waals surface area (Å²) in [5.74, 6) is 0.506. The van der Waals surface area contributed by atoms with E-state index >= 15 is 0 Å². The number of carboxylic acid groups (broad SMARTS) is 1. The van der Waals surface area contributed by atoms with Crippen LogP contribution in [0.25, 0.3) is 0 Å². The number of hydrogen-bond donors (Lipinski definition) is 3. The van der Waals surface area contributed by atoms with Crippen molar-refractivity contribution in [1.82, 2.24) is 10.6 Å². The Morgan fingerprint density at radius 2 is 1.73 bits per heavy atom. The molecule has 0 aromatic heterocycles. The Morgan fingerprint density at radius 1 is 1.20 bits per heavy atom. The summed E-state index contributed by atoms with van der Waals surface area (Å²) in [6.45, 7) is 11.1. The molecule has 2 aliphatic heterocycles. The zero-order valence-corrected chi connectivity index (χ0v) is 18.7. The molecule has 2 saturated heterocycles. The van der Waals surface area contributed by atoms with Gasteiger partial charge in [-0.15, -0.1) is 0 Å². The second kappa shape index (κ2) is 9.60. The molecule has 166 valence electrons. The molecule has 30 heavy (non-hydrogen) atoms. The van der Waals surface area contributed by atoms with Gasteiger partial charge in [-0.05, 0) is 65.5 Å². The summed E-state index contributed by atoms with van der Waals surface area (Å²) in [6, 6.07) is 7.85. The molecule has 3 N–H and O–H groups in total. The summed E-state index contributed by atoms with van der Waals surface area (Å²) in [4.78, 5) is 35.1. The van der Waals surface area contributed by atoms with Gasteiger partial charge in [0.15, 0.2) is 0 Å². The third-order valence-electron chi connectivity index (χ3n) is 5.58. The first-order valence-electron chi connectivity index (χ1n) is 10.5. The van der Waals surface area contributed by atoms with Gasteiger partial charge in [0.05, 0.1) is 6.04 Å². The van der Waals surface area contributed by atoms with Crippen molar-refractivity contribution in [2.24, 2.45) is 5.92 Å². The van der Waals surface area contributed by atoms with E-state index in [9.17, 15) is 9.59 Å². The number of aryl methyl sites for hydroxylation is 1. The van der Waals surface area contributed by atoms with Crippen LogP contribution in [0.15, 0.2) is 24.3 Å². The van der Waals surface area contributed by atoms with Gasteiger partial charge in [-0.25, -0.2) is 0 Å². The van der Waals surface area contributed by atoms with Gasteiger partial charge in [0, 0.05) is 36.2 Å². The summed E-state index contributed by atoms with van der Waals surface area (Å²) in [6.07, 6.45) is 2.89. The van der Waals surface area contributed by atoms with Gasteiger partial charge in [-0.1, -0.05) is 17.7 Å². The lowest BCUT2D eigenvalue weighted by molar-refractivity contribution is -0.124. The average Bonchev–Trinajstić information content (AvgIpc) is 2.93. The number of rotatable bonds is 4. The van der Waals surface area contributed by atoms with E-state index < -0.39 is 0 Å². The third-order valence-corrected chi connectivity index (χ3v) is 5.58. The molecule has 0 aliphatic carbocycles. The van der Waals surface area contributed by atoms with E-state index in [1.165, 1.54) is 5.56 Å². The number of nitrogens with one attached hydrogen (secondary N) is 2. The first-order chi connectivity index (χ1) is 13.9. The zero-order valence-electron chi connectivity index (χ0n) is 18.7. The Hall–Kier alpha value is -2.41. The molecule has 0 radical (unpaired) electrons. The smallest absolute Gasteiger partial charge is 0.290 e. The summed E-state index contributed by atoms with van der Waals surface area (Å²) >= 11 is 0. The van der Waals surface area contributed by atoms with Crippen molar-refractivity contribution < 1.29 is 19.5 Å². The minimum atomic E-state index is -0.250. The number of anilines is 1. The minimum absolute atomic E-state index is 0.0399. The quantitative estimate of drug-likeness (QED) is 0.655. The molecule has 1 unspecified atom stereocenters. The molecule has 7 heteroatoms. The maximum Gasteiger partial charge on any atom is 0.290 e.